The summed E-state index contributed by atoms with van der Waals surface area (Å²) < 4.78 is 0. The number of nitriles is 1. The number of Topliss-reactive ketones (excluding diaryl/α,β-unsaturated/α-hetero) is 1. The number of rotatable bonds is 2. The third kappa shape index (κ3) is 2.05. The molecule has 1 aliphatic rings. The average molecular weight is 167 g/mol. The van der Waals surface area contributed by atoms with Gasteiger partial charge in [-0.15, -0.1) is 0 Å². The molecular weight excluding hydrogens is 154 g/mol. The van der Waals surface area contributed by atoms with Crippen LogP contribution in [0.4, 0.5) is 0 Å². The highest BCUT2D eigenvalue weighted by molar-refractivity contribution is 5.83. The van der Waals surface area contributed by atoms with E-state index in [-0.39, 0.29) is 11.7 Å². The minimum absolute atomic E-state index is 0.0332. The summed E-state index contributed by atoms with van der Waals surface area (Å²) in [4.78, 5) is 11.0. The molecule has 0 aromatic carbocycles. The second-order valence-electron chi connectivity index (χ2n) is 3.26. The number of carbonyl (C=O) groups is 1. The van der Waals surface area contributed by atoms with E-state index in [1.165, 1.54) is 0 Å². The smallest absolute Gasteiger partial charge is 0.161 e. The highest BCUT2D eigenvalue weighted by Gasteiger charge is 2.29. The number of aliphatic hydroxyl groups is 1. The van der Waals surface area contributed by atoms with Crippen LogP contribution < -0.4 is 0 Å². The van der Waals surface area contributed by atoms with Crippen LogP contribution in [-0.2, 0) is 4.79 Å². The van der Waals surface area contributed by atoms with Crippen LogP contribution in [0.3, 0.4) is 0 Å². The number of carbonyl (C=O) groups excluding carboxylic acids is 1. The van der Waals surface area contributed by atoms with Crippen LogP contribution in [0.15, 0.2) is 0 Å². The third-order valence-corrected chi connectivity index (χ3v) is 2.40. The van der Waals surface area contributed by atoms with Crippen molar-refractivity contribution in [3.05, 3.63) is 0 Å². The summed E-state index contributed by atoms with van der Waals surface area (Å²) in [5.74, 6) is -0.0184. The van der Waals surface area contributed by atoms with Crippen molar-refractivity contribution >= 4 is 5.78 Å². The Kier molecular flexibility index (Phi) is 3.24. The number of aliphatic hydroxyl groups excluding tert-OH is 1. The van der Waals surface area contributed by atoms with E-state index in [9.17, 15) is 9.90 Å². The summed E-state index contributed by atoms with van der Waals surface area (Å²) in [6, 6.07) is 2.03. The Hall–Kier alpha value is -0.880. The molecule has 1 fully saturated rings. The van der Waals surface area contributed by atoms with E-state index in [4.69, 9.17) is 5.26 Å². The van der Waals surface area contributed by atoms with Gasteiger partial charge in [-0.25, -0.2) is 0 Å². The fourth-order valence-electron chi connectivity index (χ4n) is 1.66. The molecule has 66 valence electrons. The summed E-state index contributed by atoms with van der Waals surface area (Å²) in [5.41, 5.74) is 0. The van der Waals surface area contributed by atoms with E-state index < -0.39 is 6.10 Å². The summed E-state index contributed by atoms with van der Waals surface area (Å²) in [5, 5.41) is 17.7. The molecule has 1 aliphatic carbocycles. The minimum atomic E-state index is -0.799. The van der Waals surface area contributed by atoms with Gasteiger partial charge in [-0.2, -0.15) is 5.26 Å². The van der Waals surface area contributed by atoms with E-state index in [2.05, 4.69) is 0 Å². The summed E-state index contributed by atoms with van der Waals surface area (Å²) >= 11 is 0. The highest BCUT2D eigenvalue weighted by atomic mass is 16.3. The molecule has 0 heterocycles. The first kappa shape index (κ1) is 9.21. The maximum atomic E-state index is 11.0. The topological polar surface area (TPSA) is 61.1 Å². The van der Waals surface area contributed by atoms with Crippen molar-refractivity contribution in [1.82, 2.24) is 0 Å². The maximum absolute atomic E-state index is 11.0. The van der Waals surface area contributed by atoms with Gasteiger partial charge in [0.2, 0.25) is 0 Å². The maximum Gasteiger partial charge on any atom is 0.161 e. The van der Waals surface area contributed by atoms with E-state index in [0.29, 0.717) is 19.3 Å². The molecule has 3 heteroatoms. The molecule has 1 rings (SSSR count). The first-order chi connectivity index (χ1) is 5.75. The van der Waals surface area contributed by atoms with Gasteiger partial charge in [-0.05, 0) is 25.2 Å². The van der Waals surface area contributed by atoms with Crippen LogP contribution in [0.25, 0.3) is 0 Å². The molecule has 0 saturated heterocycles. The van der Waals surface area contributed by atoms with Gasteiger partial charge in [-0.3, -0.25) is 4.79 Å². The van der Waals surface area contributed by atoms with Gasteiger partial charge in [0.1, 0.15) is 6.10 Å². The summed E-state index contributed by atoms with van der Waals surface area (Å²) in [6.45, 7) is 0. The van der Waals surface area contributed by atoms with Crippen molar-refractivity contribution in [3.63, 3.8) is 0 Å². The van der Waals surface area contributed by atoms with Crippen LogP contribution in [0, 0.1) is 17.2 Å². The van der Waals surface area contributed by atoms with E-state index >= 15 is 0 Å². The highest BCUT2D eigenvalue weighted by Crippen LogP contribution is 2.25. The molecule has 0 bridgehead atoms. The molecule has 1 saturated carbocycles. The normalized spacial score (nSPS) is 29.8. The molecule has 0 unspecified atom stereocenters. The largest absolute Gasteiger partial charge is 0.385 e. The number of hydrogen-bond donors (Lipinski definition) is 1. The van der Waals surface area contributed by atoms with Crippen molar-refractivity contribution in [2.45, 2.75) is 38.2 Å². The van der Waals surface area contributed by atoms with Crippen molar-refractivity contribution in [2.75, 3.05) is 0 Å². The lowest BCUT2D eigenvalue weighted by Gasteiger charge is -2.25. The van der Waals surface area contributed by atoms with Gasteiger partial charge in [-0.1, -0.05) is 0 Å². The Balaban J connectivity index is 2.42. The molecule has 0 aromatic rings. The van der Waals surface area contributed by atoms with Crippen LogP contribution >= 0.6 is 0 Å². The van der Waals surface area contributed by atoms with Crippen molar-refractivity contribution in [3.8, 4) is 6.07 Å². The zero-order chi connectivity index (χ0) is 8.97. The monoisotopic (exact) mass is 167 g/mol. The second-order valence-corrected chi connectivity index (χ2v) is 3.26. The predicted molar refractivity (Wildman–Crippen MR) is 43.2 cm³/mol. The molecule has 1 N–H and O–H groups in total. The fourth-order valence-corrected chi connectivity index (χ4v) is 1.66. The fraction of sp³-hybridized carbons (Fsp3) is 0.778. The summed E-state index contributed by atoms with van der Waals surface area (Å²) in [6.07, 6.45) is 2.55. The number of nitrogens with zero attached hydrogens (tertiary/aromatic N) is 1. The Bertz CT molecular complexity index is 207. The van der Waals surface area contributed by atoms with Crippen LogP contribution in [0.5, 0.6) is 0 Å². The molecule has 2 atom stereocenters. The van der Waals surface area contributed by atoms with E-state index in [1.54, 1.807) is 0 Å². The zero-order valence-corrected chi connectivity index (χ0v) is 6.99. The van der Waals surface area contributed by atoms with Crippen LogP contribution in [-0.4, -0.2) is 17.0 Å². The first-order valence-corrected chi connectivity index (χ1v) is 4.33. The van der Waals surface area contributed by atoms with Gasteiger partial charge >= 0.3 is 0 Å². The van der Waals surface area contributed by atoms with Crippen LogP contribution in [0.2, 0.25) is 0 Å². The van der Waals surface area contributed by atoms with Gasteiger partial charge in [0.25, 0.3) is 0 Å². The van der Waals surface area contributed by atoms with Crippen LogP contribution in [0.1, 0.15) is 32.1 Å². The second kappa shape index (κ2) is 4.22. The summed E-state index contributed by atoms with van der Waals surface area (Å²) in [7, 11) is 0. The predicted octanol–water partition coefficient (Wildman–Crippen LogP) is 1.02. The van der Waals surface area contributed by atoms with Crippen molar-refractivity contribution < 1.29 is 9.90 Å². The van der Waals surface area contributed by atoms with Crippen molar-refractivity contribution in [1.29, 1.82) is 5.26 Å². The van der Waals surface area contributed by atoms with Gasteiger partial charge in [0.15, 0.2) is 5.78 Å². The van der Waals surface area contributed by atoms with E-state index in [1.807, 2.05) is 6.07 Å². The zero-order valence-electron chi connectivity index (χ0n) is 6.99. The standard InChI is InChI=1S/C9H13NO2/c10-6-2-4-7-3-1-5-8(11)9(7)12/h7,9,12H,1-5H2/t7-,9-/m0/s1. The first-order valence-electron chi connectivity index (χ1n) is 4.33. The van der Waals surface area contributed by atoms with E-state index in [0.717, 1.165) is 12.8 Å². The average Bonchev–Trinajstić information content (AvgIpc) is 2.08. The Morgan fingerprint density at radius 3 is 3.08 bits per heavy atom. The SMILES string of the molecule is N#CCC[C@@H]1CCCC(=O)[C@H]1O. The molecule has 0 spiro atoms. The molecule has 0 radical (unpaired) electrons. The molecule has 0 amide bonds. The molecule has 12 heavy (non-hydrogen) atoms. The van der Waals surface area contributed by atoms with Gasteiger partial charge in [0.05, 0.1) is 6.07 Å². The number of ketones is 1. The Labute approximate surface area is 72.0 Å². The molecular formula is C9H13NO2. The lowest BCUT2D eigenvalue weighted by Crippen LogP contribution is -2.33. The molecule has 0 aliphatic heterocycles. The molecule has 0 aromatic heterocycles. The lowest BCUT2D eigenvalue weighted by molar-refractivity contribution is -0.132. The third-order valence-electron chi connectivity index (χ3n) is 2.40. The van der Waals surface area contributed by atoms with Gasteiger partial charge in [0, 0.05) is 12.8 Å². The lowest BCUT2D eigenvalue weighted by atomic mass is 9.83. The Morgan fingerprint density at radius 2 is 2.42 bits per heavy atom. The van der Waals surface area contributed by atoms with Crippen molar-refractivity contribution in [2.24, 2.45) is 5.92 Å². The quantitative estimate of drug-likeness (QED) is 0.668. The Morgan fingerprint density at radius 1 is 1.67 bits per heavy atom. The minimum Gasteiger partial charge on any atom is -0.385 e. The van der Waals surface area contributed by atoms with Gasteiger partial charge < -0.3 is 5.11 Å². The molecule has 3 nitrogen and oxygen atoms in total. The number of hydrogen-bond acceptors (Lipinski definition) is 3.